The Morgan fingerprint density at radius 2 is 1.68 bits per heavy atom. The highest BCUT2D eigenvalue weighted by atomic mass is 19.2. The van der Waals surface area contributed by atoms with Crippen LogP contribution in [0.3, 0.4) is 0 Å². The van der Waals surface area contributed by atoms with Crippen molar-refractivity contribution in [2.75, 3.05) is 6.54 Å². The van der Waals surface area contributed by atoms with Crippen LogP contribution in [-0.4, -0.2) is 11.5 Å². The molecule has 1 unspecified atom stereocenters. The summed E-state index contributed by atoms with van der Waals surface area (Å²) >= 11 is 0. The predicted molar refractivity (Wildman–Crippen MR) is 62.7 cm³/mol. The first-order valence-corrected chi connectivity index (χ1v) is 6.17. The molecule has 1 aromatic heterocycles. The second-order valence-electron chi connectivity index (χ2n) is 4.77. The van der Waals surface area contributed by atoms with E-state index in [1.165, 1.54) is 6.07 Å². The van der Waals surface area contributed by atoms with Crippen LogP contribution in [0.5, 0.6) is 0 Å². The minimum Gasteiger partial charge on any atom is -0.355 e. The molecular formula is C13H12F4N2. The normalized spacial score (nSPS) is 20.1. The number of aromatic amines is 1. The van der Waals surface area contributed by atoms with E-state index < -0.39 is 23.3 Å². The van der Waals surface area contributed by atoms with Crippen LogP contribution in [0.4, 0.5) is 17.6 Å². The van der Waals surface area contributed by atoms with E-state index >= 15 is 0 Å². The van der Waals surface area contributed by atoms with Gasteiger partial charge in [-0.3, -0.25) is 0 Å². The molecule has 19 heavy (non-hydrogen) atoms. The summed E-state index contributed by atoms with van der Waals surface area (Å²) in [7, 11) is 0. The summed E-state index contributed by atoms with van der Waals surface area (Å²) in [4.78, 5) is 2.66. The summed E-state index contributed by atoms with van der Waals surface area (Å²) in [5, 5.41) is 2.95. The third-order valence-electron chi connectivity index (χ3n) is 3.56. The monoisotopic (exact) mass is 272 g/mol. The van der Waals surface area contributed by atoms with Crippen molar-refractivity contribution >= 4 is 10.9 Å². The van der Waals surface area contributed by atoms with Crippen LogP contribution < -0.4 is 5.32 Å². The van der Waals surface area contributed by atoms with Gasteiger partial charge in [-0.05, 0) is 25.5 Å². The molecule has 0 aliphatic carbocycles. The van der Waals surface area contributed by atoms with E-state index in [0.717, 1.165) is 25.8 Å². The van der Waals surface area contributed by atoms with Gasteiger partial charge in [0.2, 0.25) is 0 Å². The maximum absolute atomic E-state index is 13.6. The standard InChI is InChI=1S/C13H12F4N2/c14-9-6-5-8(7-3-1-2-4-18-7)19-13(6)12(17)11(16)10(9)15/h5,7,18-19H,1-4H2. The van der Waals surface area contributed by atoms with Crippen molar-refractivity contribution in [3.63, 3.8) is 0 Å². The van der Waals surface area contributed by atoms with Crippen LogP contribution in [0.1, 0.15) is 31.0 Å². The Kier molecular flexibility index (Phi) is 2.97. The van der Waals surface area contributed by atoms with Gasteiger partial charge in [0.15, 0.2) is 23.3 Å². The molecule has 2 N–H and O–H groups in total. The smallest absolute Gasteiger partial charge is 0.199 e. The number of piperidine rings is 1. The largest absolute Gasteiger partial charge is 0.355 e. The van der Waals surface area contributed by atoms with Crippen molar-refractivity contribution in [2.24, 2.45) is 0 Å². The third kappa shape index (κ3) is 1.90. The fourth-order valence-corrected chi connectivity index (χ4v) is 2.55. The molecule has 2 aromatic rings. The molecule has 0 radical (unpaired) electrons. The third-order valence-corrected chi connectivity index (χ3v) is 3.56. The molecule has 2 nitrogen and oxygen atoms in total. The molecule has 0 saturated carbocycles. The van der Waals surface area contributed by atoms with Gasteiger partial charge in [0.05, 0.1) is 5.52 Å². The highest BCUT2D eigenvalue weighted by molar-refractivity contribution is 5.82. The highest BCUT2D eigenvalue weighted by Gasteiger charge is 2.24. The van der Waals surface area contributed by atoms with Crippen molar-refractivity contribution in [3.8, 4) is 0 Å². The van der Waals surface area contributed by atoms with Crippen LogP contribution in [0.15, 0.2) is 6.07 Å². The number of benzene rings is 1. The minimum absolute atomic E-state index is 0.0638. The summed E-state index contributed by atoms with van der Waals surface area (Å²) in [5.74, 6) is -6.29. The Hall–Kier alpha value is -1.56. The minimum atomic E-state index is -1.78. The molecule has 1 atom stereocenters. The van der Waals surface area contributed by atoms with Gasteiger partial charge in [0.25, 0.3) is 0 Å². The molecule has 1 fully saturated rings. The van der Waals surface area contributed by atoms with Gasteiger partial charge >= 0.3 is 0 Å². The van der Waals surface area contributed by atoms with E-state index in [0.29, 0.717) is 5.69 Å². The van der Waals surface area contributed by atoms with E-state index in [1.54, 1.807) is 0 Å². The summed E-state index contributed by atoms with van der Waals surface area (Å²) in [6.45, 7) is 0.813. The van der Waals surface area contributed by atoms with Crippen molar-refractivity contribution in [3.05, 3.63) is 35.0 Å². The van der Waals surface area contributed by atoms with Gasteiger partial charge in [-0.2, -0.15) is 0 Å². The first kappa shape index (κ1) is 12.5. The fraction of sp³-hybridized carbons (Fsp3) is 0.385. The van der Waals surface area contributed by atoms with Gasteiger partial charge in [0.1, 0.15) is 0 Å². The fourth-order valence-electron chi connectivity index (χ4n) is 2.55. The Morgan fingerprint density at radius 3 is 2.37 bits per heavy atom. The lowest BCUT2D eigenvalue weighted by Crippen LogP contribution is -2.26. The number of nitrogens with one attached hydrogen (secondary N) is 2. The van der Waals surface area contributed by atoms with Crippen LogP contribution >= 0.6 is 0 Å². The molecule has 0 bridgehead atoms. The first-order valence-electron chi connectivity index (χ1n) is 6.17. The van der Waals surface area contributed by atoms with Gasteiger partial charge in [0, 0.05) is 17.1 Å². The Morgan fingerprint density at radius 1 is 0.947 bits per heavy atom. The molecule has 2 heterocycles. The lowest BCUT2D eigenvalue weighted by molar-refractivity contribution is 0.406. The van der Waals surface area contributed by atoms with Crippen molar-refractivity contribution in [2.45, 2.75) is 25.3 Å². The number of fused-ring (bicyclic) bond motifs is 1. The zero-order valence-electron chi connectivity index (χ0n) is 9.99. The van der Waals surface area contributed by atoms with E-state index in [-0.39, 0.29) is 16.9 Å². The van der Waals surface area contributed by atoms with Crippen LogP contribution in [0.25, 0.3) is 10.9 Å². The van der Waals surface area contributed by atoms with E-state index in [1.807, 2.05) is 0 Å². The van der Waals surface area contributed by atoms with E-state index in [4.69, 9.17) is 0 Å². The maximum atomic E-state index is 13.6. The first-order chi connectivity index (χ1) is 9.09. The average molecular weight is 272 g/mol. The maximum Gasteiger partial charge on any atom is 0.199 e. The predicted octanol–water partition coefficient (Wildman–Crippen LogP) is 3.54. The average Bonchev–Trinajstić information content (AvgIpc) is 2.89. The molecule has 102 valence electrons. The lowest BCUT2D eigenvalue weighted by Gasteiger charge is -2.22. The molecule has 1 aliphatic rings. The molecule has 6 heteroatoms. The van der Waals surface area contributed by atoms with E-state index in [9.17, 15) is 17.6 Å². The molecule has 0 spiro atoms. The van der Waals surface area contributed by atoms with Crippen LogP contribution in [0, 0.1) is 23.3 Å². The molecule has 1 aliphatic heterocycles. The van der Waals surface area contributed by atoms with Gasteiger partial charge in [-0.15, -0.1) is 0 Å². The SMILES string of the molecule is Fc1c(F)c(F)c2[nH]c(C3CCCCN3)cc2c1F. The van der Waals surface area contributed by atoms with Gasteiger partial charge in [-0.1, -0.05) is 6.42 Å². The zero-order valence-corrected chi connectivity index (χ0v) is 9.99. The molecular weight excluding hydrogens is 260 g/mol. The van der Waals surface area contributed by atoms with Crippen LogP contribution in [0.2, 0.25) is 0 Å². The second-order valence-corrected chi connectivity index (χ2v) is 4.77. The molecule has 1 aromatic carbocycles. The van der Waals surface area contributed by atoms with Crippen molar-refractivity contribution < 1.29 is 17.6 Å². The number of rotatable bonds is 1. The Balaban J connectivity index is 2.14. The highest BCUT2D eigenvalue weighted by Crippen LogP contribution is 2.31. The second kappa shape index (κ2) is 4.52. The molecule has 3 rings (SSSR count). The zero-order chi connectivity index (χ0) is 13.6. The van der Waals surface area contributed by atoms with Gasteiger partial charge in [-0.25, -0.2) is 17.6 Å². The number of aromatic nitrogens is 1. The quantitative estimate of drug-likeness (QED) is 0.464. The van der Waals surface area contributed by atoms with Crippen LogP contribution in [-0.2, 0) is 0 Å². The molecule has 0 amide bonds. The number of halogens is 4. The van der Waals surface area contributed by atoms with E-state index in [2.05, 4.69) is 10.3 Å². The van der Waals surface area contributed by atoms with Crippen molar-refractivity contribution in [1.82, 2.24) is 10.3 Å². The number of H-pyrrole nitrogens is 1. The Bertz CT molecular complexity index is 584. The Labute approximate surface area is 106 Å². The summed E-state index contributed by atoms with van der Waals surface area (Å²) < 4.78 is 53.5. The lowest BCUT2D eigenvalue weighted by atomic mass is 10.0. The summed E-state index contributed by atoms with van der Waals surface area (Å²) in [6, 6.07) is 1.28. The summed E-state index contributed by atoms with van der Waals surface area (Å²) in [6.07, 6.45) is 2.87. The summed E-state index contributed by atoms with van der Waals surface area (Å²) in [5.41, 5.74) is 0.233. The number of hydrogen-bond donors (Lipinski definition) is 2. The topological polar surface area (TPSA) is 27.8 Å². The molecule has 1 saturated heterocycles. The number of hydrogen-bond acceptors (Lipinski definition) is 1. The van der Waals surface area contributed by atoms with Gasteiger partial charge < -0.3 is 10.3 Å². The van der Waals surface area contributed by atoms with Crippen molar-refractivity contribution in [1.29, 1.82) is 0 Å².